The zero-order valence-electron chi connectivity index (χ0n) is 36.8. The van der Waals surface area contributed by atoms with Crippen molar-refractivity contribution in [3.05, 3.63) is 48.0 Å². The summed E-state index contributed by atoms with van der Waals surface area (Å²) in [6.07, 6.45) is 2.55. The largest absolute Gasteiger partial charge is 0.366 e. The molecule has 3 aliphatic carbocycles. The zero-order valence-corrected chi connectivity index (χ0v) is 39.2. The van der Waals surface area contributed by atoms with E-state index >= 15 is 0 Å². The van der Waals surface area contributed by atoms with Gasteiger partial charge in [0.15, 0.2) is 0 Å². The number of fused-ring (bicyclic) bond motifs is 2. The van der Waals surface area contributed by atoms with Crippen LogP contribution in [0.1, 0.15) is 117 Å². The van der Waals surface area contributed by atoms with Crippen LogP contribution < -0.4 is 5.32 Å². The molecule has 4 aliphatic rings. The van der Waals surface area contributed by atoms with Crippen LogP contribution in [-0.4, -0.2) is 89.8 Å². The SMILES string of the molecule is CC(C)(C)c1nc2cc(S(=O)(=O)Cl)ccc2n1CC1CCC(F)(F)CC1.CC(C)(C)c1nc2cc(S(=O)(=O)N3CCOC(C(=O)NC4CC4)C3)ccc2n1CC1CCC(F)(F)CC1. The van der Waals surface area contributed by atoms with Crippen LogP contribution in [0.4, 0.5) is 17.6 Å². The maximum absolute atomic E-state index is 13.7. The third-order valence-corrected chi connectivity index (χ3v) is 15.7. The van der Waals surface area contributed by atoms with Crippen LogP contribution in [0.2, 0.25) is 0 Å². The number of hydrogen-bond donors (Lipinski definition) is 1. The summed E-state index contributed by atoms with van der Waals surface area (Å²) in [6.45, 7) is 13.7. The Kier molecular flexibility index (Phi) is 13.2. The van der Waals surface area contributed by atoms with E-state index in [9.17, 15) is 39.2 Å². The van der Waals surface area contributed by atoms with Gasteiger partial charge in [-0.3, -0.25) is 4.79 Å². The standard InChI is InChI=1S/C26H36F2N4O4S.C18H23ClF2N2O2S/c1-25(2,3)24-30-20-14-19(6-7-21(20)32(24)15-17-8-10-26(27,28)11-9-17)37(34,35)31-12-13-36-22(16-31)23(33)29-18-4-5-18;1-17(2,3)16-22-14-10-13(26(19,24)25)4-5-15(14)23(16)11-12-6-8-18(20,21)9-7-12/h6-7,14,17-18,22H,4-5,8-13,15-16H2,1-3H3,(H,29,33);4-5,10,12H,6-9,11H2,1-3H3. The average molecular weight is 944 g/mol. The molecule has 1 unspecified atom stereocenters. The first-order chi connectivity index (χ1) is 29.2. The molecule has 63 heavy (non-hydrogen) atoms. The van der Waals surface area contributed by atoms with Crippen LogP contribution in [0.15, 0.2) is 46.2 Å². The van der Waals surface area contributed by atoms with Crippen LogP contribution >= 0.6 is 10.7 Å². The summed E-state index contributed by atoms with van der Waals surface area (Å²) in [6, 6.07) is 9.72. The molecule has 12 nitrogen and oxygen atoms in total. The molecule has 1 amide bonds. The molecule has 0 bridgehead atoms. The van der Waals surface area contributed by atoms with Crippen molar-refractivity contribution in [2.75, 3.05) is 19.7 Å². The van der Waals surface area contributed by atoms with Gasteiger partial charge in [0.25, 0.3) is 15.0 Å². The predicted octanol–water partition coefficient (Wildman–Crippen LogP) is 8.91. The fourth-order valence-electron chi connectivity index (χ4n) is 8.80. The van der Waals surface area contributed by atoms with E-state index in [1.807, 2.05) is 46.1 Å². The van der Waals surface area contributed by atoms with Gasteiger partial charge in [-0.05, 0) is 86.8 Å². The van der Waals surface area contributed by atoms with E-state index in [2.05, 4.69) is 14.9 Å². The minimum absolute atomic E-state index is 0.00841. The van der Waals surface area contributed by atoms with E-state index < -0.39 is 37.0 Å². The molecule has 2 aromatic carbocycles. The highest BCUT2D eigenvalue weighted by molar-refractivity contribution is 8.13. The molecule has 1 saturated heterocycles. The van der Waals surface area contributed by atoms with E-state index in [0.717, 1.165) is 35.5 Å². The monoisotopic (exact) mass is 942 g/mol. The number of aromatic nitrogens is 4. The Hall–Kier alpha value is -3.32. The first-order valence-corrected chi connectivity index (χ1v) is 25.6. The normalized spacial score (nSPS) is 21.9. The van der Waals surface area contributed by atoms with E-state index in [-0.39, 0.29) is 89.8 Å². The van der Waals surface area contributed by atoms with Crippen LogP contribution in [0.25, 0.3) is 22.1 Å². The number of carbonyl (C=O) groups is 1. The molecule has 1 atom stereocenters. The number of benzene rings is 2. The maximum Gasteiger partial charge on any atom is 0.261 e. The number of nitrogens with zero attached hydrogens (tertiary/aromatic N) is 5. The second-order valence-electron chi connectivity index (χ2n) is 19.9. The molecule has 3 saturated carbocycles. The smallest absolute Gasteiger partial charge is 0.261 e. The Morgan fingerprint density at radius 1 is 0.746 bits per heavy atom. The fourth-order valence-corrected chi connectivity index (χ4v) is 11.0. The highest BCUT2D eigenvalue weighted by Crippen LogP contribution is 2.40. The lowest BCUT2D eigenvalue weighted by molar-refractivity contribution is -0.136. The van der Waals surface area contributed by atoms with Crippen LogP contribution in [0.3, 0.4) is 0 Å². The first-order valence-electron chi connectivity index (χ1n) is 21.8. The van der Waals surface area contributed by atoms with Crippen molar-refractivity contribution in [2.24, 2.45) is 11.8 Å². The third-order valence-electron chi connectivity index (χ3n) is 12.5. The molecular weight excluding hydrogens is 884 g/mol. The van der Waals surface area contributed by atoms with E-state index in [0.29, 0.717) is 49.8 Å². The first kappa shape index (κ1) is 47.6. The maximum atomic E-state index is 13.7. The summed E-state index contributed by atoms with van der Waals surface area (Å²) in [7, 11) is -2.26. The number of halogens is 5. The molecule has 8 rings (SSSR count). The Balaban J connectivity index is 0.000000201. The Morgan fingerprint density at radius 3 is 1.62 bits per heavy atom. The number of carbonyl (C=O) groups excluding carboxylic acids is 1. The van der Waals surface area contributed by atoms with Gasteiger partial charge in [-0.15, -0.1) is 0 Å². The number of amides is 1. The number of ether oxygens (including phenoxy) is 1. The lowest BCUT2D eigenvalue weighted by Crippen LogP contribution is -2.51. The highest BCUT2D eigenvalue weighted by Gasteiger charge is 2.39. The van der Waals surface area contributed by atoms with Gasteiger partial charge in [-0.2, -0.15) is 4.31 Å². The topological polar surface area (TPSA) is 145 Å². The van der Waals surface area contributed by atoms with Crippen LogP contribution in [-0.2, 0) is 52.5 Å². The van der Waals surface area contributed by atoms with E-state index in [1.165, 1.54) is 16.4 Å². The molecule has 1 N–H and O–H groups in total. The van der Waals surface area contributed by atoms with E-state index in [1.54, 1.807) is 24.3 Å². The zero-order chi connectivity index (χ0) is 45.9. The average Bonchev–Trinajstić information content (AvgIpc) is 3.82. The summed E-state index contributed by atoms with van der Waals surface area (Å²) in [4.78, 5) is 22.0. The van der Waals surface area contributed by atoms with Crippen molar-refractivity contribution in [3.8, 4) is 0 Å². The molecule has 4 fully saturated rings. The molecule has 0 spiro atoms. The Bertz CT molecular complexity index is 2550. The van der Waals surface area contributed by atoms with Gasteiger partial charge < -0.3 is 19.2 Å². The van der Waals surface area contributed by atoms with Gasteiger partial charge >= 0.3 is 0 Å². The summed E-state index contributed by atoms with van der Waals surface area (Å²) >= 11 is 0. The highest BCUT2D eigenvalue weighted by atomic mass is 35.7. The van der Waals surface area contributed by atoms with Crippen molar-refractivity contribution in [2.45, 2.75) is 163 Å². The third kappa shape index (κ3) is 11.2. The van der Waals surface area contributed by atoms with Gasteiger partial charge in [0, 0.05) is 79.4 Å². The number of morpholine rings is 1. The number of hydrogen-bond acceptors (Lipinski definition) is 8. The number of nitrogens with one attached hydrogen (secondary N) is 1. The van der Waals surface area contributed by atoms with Crippen molar-refractivity contribution in [1.29, 1.82) is 0 Å². The summed E-state index contributed by atoms with van der Waals surface area (Å²) in [5, 5.41) is 2.88. The minimum Gasteiger partial charge on any atom is -0.366 e. The molecule has 3 heterocycles. The van der Waals surface area contributed by atoms with E-state index in [4.69, 9.17) is 20.4 Å². The van der Waals surface area contributed by atoms with Gasteiger partial charge in [0.1, 0.15) is 17.8 Å². The number of alkyl halides is 4. The molecular formula is C44H59ClF4N6O6S2. The summed E-state index contributed by atoms with van der Waals surface area (Å²) < 4.78 is 116. The predicted molar refractivity (Wildman–Crippen MR) is 233 cm³/mol. The molecule has 348 valence electrons. The second kappa shape index (κ2) is 17.5. The van der Waals surface area contributed by atoms with Crippen molar-refractivity contribution in [3.63, 3.8) is 0 Å². The number of imidazole rings is 2. The van der Waals surface area contributed by atoms with Gasteiger partial charge in [-0.25, -0.2) is 44.4 Å². The molecule has 0 radical (unpaired) electrons. The Morgan fingerprint density at radius 2 is 1.19 bits per heavy atom. The lowest BCUT2D eigenvalue weighted by Gasteiger charge is -2.31. The number of sulfonamides is 1. The number of rotatable bonds is 9. The van der Waals surface area contributed by atoms with Crippen molar-refractivity contribution >= 4 is 57.7 Å². The minimum atomic E-state index is -3.87. The van der Waals surface area contributed by atoms with Crippen molar-refractivity contribution in [1.82, 2.24) is 28.7 Å². The quantitative estimate of drug-likeness (QED) is 0.129. The molecule has 1 aliphatic heterocycles. The van der Waals surface area contributed by atoms with Crippen LogP contribution in [0.5, 0.6) is 0 Å². The Labute approximate surface area is 372 Å². The summed E-state index contributed by atoms with van der Waals surface area (Å²) in [5.74, 6) is -3.51. The second-order valence-corrected chi connectivity index (χ2v) is 24.4. The van der Waals surface area contributed by atoms with Gasteiger partial charge in [0.2, 0.25) is 21.9 Å². The fraction of sp³-hybridized carbons (Fsp3) is 0.659. The molecule has 2 aromatic heterocycles. The summed E-state index contributed by atoms with van der Waals surface area (Å²) in [5.41, 5.74) is 2.13. The van der Waals surface area contributed by atoms with Crippen molar-refractivity contribution < 1.29 is 43.9 Å². The lowest BCUT2D eigenvalue weighted by atomic mass is 9.86. The van der Waals surface area contributed by atoms with Gasteiger partial charge in [0.05, 0.1) is 38.5 Å². The van der Waals surface area contributed by atoms with Gasteiger partial charge in [-0.1, -0.05) is 41.5 Å². The molecule has 19 heteroatoms. The van der Waals surface area contributed by atoms with Crippen LogP contribution in [0, 0.1) is 11.8 Å². The molecule has 4 aromatic rings.